The molecular formula is C15H16N4. The topological polar surface area (TPSA) is 42.7 Å². The molecule has 0 aliphatic heterocycles. The third-order valence-electron chi connectivity index (χ3n) is 3.17. The zero-order chi connectivity index (χ0) is 13.1. The quantitative estimate of drug-likeness (QED) is 0.776. The van der Waals surface area contributed by atoms with Crippen LogP contribution in [0.15, 0.2) is 49.2 Å². The summed E-state index contributed by atoms with van der Waals surface area (Å²) in [5.41, 5.74) is 1.22. The third-order valence-corrected chi connectivity index (χ3v) is 3.17. The average molecular weight is 252 g/mol. The van der Waals surface area contributed by atoms with E-state index in [2.05, 4.69) is 40.4 Å². The minimum Gasteiger partial charge on any atom is -0.313 e. The molecule has 1 aromatic carbocycles. The van der Waals surface area contributed by atoms with Gasteiger partial charge in [-0.1, -0.05) is 31.2 Å². The van der Waals surface area contributed by atoms with Crippen LogP contribution in [0.5, 0.6) is 0 Å². The molecule has 0 aliphatic rings. The van der Waals surface area contributed by atoms with Gasteiger partial charge in [-0.3, -0.25) is 4.57 Å². The summed E-state index contributed by atoms with van der Waals surface area (Å²) in [4.78, 5) is 8.67. The fourth-order valence-electron chi connectivity index (χ4n) is 2.23. The first kappa shape index (κ1) is 11.9. The van der Waals surface area contributed by atoms with Gasteiger partial charge in [0, 0.05) is 30.5 Å². The zero-order valence-corrected chi connectivity index (χ0v) is 10.9. The van der Waals surface area contributed by atoms with Crippen molar-refractivity contribution in [2.45, 2.75) is 13.5 Å². The van der Waals surface area contributed by atoms with Crippen molar-refractivity contribution in [3.05, 3.63) is 54.7 Å². The van der Waals surface area contributed by atoms with Gasteiger partial charge in [-0.15, -0.1) is 0 Å². The van der Waals surface area contributed by atoms with Crippen LogP contribution in [-0.2, 0) is 6.54 Å². The van der Waals surface area contributed by atoms with Crippen LogP contribution in [0.3, 0.4) is 0 Å². The first-order valence-corrected chi connectivity index (χ1v) is 6.46. The number of benzene rings is 1. The SMILES string of the molecule is CCNCc1cnc(-n2ccnc2)c2ccccc12. The van der Waals surface area contributed by atoms with Gasteiger partial charge in [0.25, 0.3) is 0 Å². The average Bonchev–Trinajstić information content (AvgIpc) is 2.98. The number of imidazole rings is 1. The molecule has 0 atom stereocenters. The molecule has 0 amide bonds. The lowest BCUT2D eigenvalue weighted by Gasteiger charge is -2.11. The van der Waals surface area contributed by atoms with Crippen LogP contribution < -0.4 is 5.32 Å². The van der Waals surface area contributed by atoms with Crippen molar-refractivity contribution >= 4 is 10.8 Å². The van der Waals surface area contributed by atoms with Gasteiger partial charge in [0.15, 0.2) is 0 Å². The standard InChI is InChI=1S/C15H16N4/c1-2-16-9-12-10-18-15(19-8-7-17-11-19)14-6-4-3-5-13(12)14/h3-8,10-11,16H,2,9H2,1H3. The summed E-state index contributed by atoms with van der Waals surface area (Å²) >= 11 is 0. The predicted octanol–water partition coefficient (Wildman–Crippen LogP) is 2.53. The Morgan fingerprint density at radius 2 is 2.05 bits per heavy atom. The van der Waals surface area contributed by atoms with Gasteiger partial charge in [0.2, 0.25) is 0 Å². The van der Waals surface area contributed by atoms with E-state index in [4.69, 9.17) is 0 Å². The van der Waals surface area contributed by atoms with E-state index < -0.39 is 0 Å². The number of nitrogens with one attached hydrogen (secondary N) is 1. The van der Waals surface area contributed by atoms with Crippen molar-refractivity contribution in [3.8, 4) is 5.82 Å². The van der Waals surface area contributed by atoms with E-state index in [0.29, 0.717) is 0 Å². The summed E-state index contributed by atoms with van der Waals surface area (Å²) in [5, 5.41) is 5.74. The summed E-state index contributed by atoms with van der Waals surface area (Å²) in [7, 11) is 0. The Hall–Kier alpha value is -2.20. The highest BCUT2D eigenvalue weighted by atomic mass is 15.1. The molecule has 3 rings (SSSR count). The van der Waals surface area contributed by atoms with Gasteiger partial charge in [0.05, 0.1) is 0 Å². The largest absolute Gasteiger partial charge is 0.313 e. The number of fused-ring (bicyclic) bond motifs is 1. The van der Waals surface area contributed by atoms with E-state index in [1.165, 1.54) is 10.9 Å². The van der Waals surface area contributed by atoms with Gasteiger partial charge in [-0.05, 0) is 17.5 Å². The highest BCUT2D eigenvalue weighted by molar-refractivity contribution is 5.90. The van der Waals surface area contributed by atoms with Crippen LogP contribution in [0.4, 0.5) is 0 Å². The molecule has 3 aromatic rings. The monoisotopic (exact) mass is 252 g/mol. The Bertz CT molecular complexity index is 674. The van der Waals surface area contributed by atoms with Gasteiger partial charge in [-0.25, -0.2) is 9.97 Å². The number of nitrogens with zero attached hydrogens (tertiary/aromatic N) is 3. The molecule has 2 heterocycles. The molecule has 0 bridgehead atoms. The summed E-state index contributed by atoms with van der Waals surface area (Å²) in [6.45, 7) is 3.90. The van der Waals surface area contributed by atoms with Crippen LogP contribution in [-0.4, -0.2) is 21.1 Å². The number of pyridine rings is 1. The Labute approximate surface area is 112 Å². The Morgan fingerprint density at radius 1 is 1.21 bits per heavy atom. The second kappa shape index (κ2) is 5.20. The fraction of sp³-hybridized carbons (Fsp3) is 0.200. The molecule has 0 aliphatic carbocycles. The van der Waals surface area contributed by atoms with E-state index >= 15 is 0 Å². The lowest BCUT2D eigenvalue weighted by Crippen LogP contribution is -2.12. The molecule has 2 aromatic heterocycles. The van der Waals surface area contributed by atoms with Crippen LogP contribution in [0.1, 0.15) is 12.5 Å². The summed E-state index contributed by atoms with van der Waals surface area (Å²) < 4.78 is 1.94. The van der Waals surface area contributed by atoms with Crippen LogP contribution in [0.25, 0.3) is 16.6 Å². The normalized spacial score (nSPS) is 11.0. The molecule has 1 N–H and O–H groups in total. The second-order valence-electron chi connectivity index (χ2n) is 4.40. The second-order valence-corrected chi connectivity index (χ2v) is 4.40. The maximum Gasteiger partial charge on any atom is 0.145 e. The maximum absolute atomic E-state index is 4.59. The summed E-state index contributed by atoms with van der Waals surface area (Å²) in [5.74, 6) is 0.924. The first-order valence-electron chi connectivity index (χ1n) is 6.46. The van der Waals surface area contributed by atoms with Crippen molar-refractivity contribution in [2.75, 3.05) is 6.54 Å². The minimum atomic E-state index is 0.841. The highest BCUT2D eigenvalue weighted by Gasteiger charge is 2.07. The molecule has 4 heteroatoms. The number of hydrogen-bond acceptors (Lipinski definition) is 3. The predicted molar refractivity (Wildman–Crippen MR) is 76.2 cm³/mol. The van der Waals surface area contributed by atoms with Crippen LogP contribution in [0.2, 0.25) is 0 Å². The number of hydrogen-bond donors (Lipinski definition) is 1. The van der Waals surface area contributed by atoms with Crippen molar-refractivity contribution in [2.24, 2.45) is 0 Å². The number of rotatable bonds is 4. The van der Waals surface area contributed by atoms with E-state index in [1.807, 2.05) is 23.0 Å². The zero-order valence-electron chi connectivity index (χ0n) is 10.9. The lowest BCUT2D eigenvalue weighted by atomic mass is 10.1. The lowest BCUT2D eigenvalue weighted by molar-refractivity contribution is 0.728. The first-order chi connectivity index (χ1) is 9.40. The van der Waals surface area contributed by atoms with Gasteiger partial charge in [-0.2, -0.15) is 0 Å². The van der Waals surface area contributed by atoms with E-state index in [0.717, 1.165) is 24.3 Å². The van der Waals surface area contributed by atoms with Gasteiger partial charge < -0.3 is 5.32 Å². The highest BCUT2D eigenvalue weighted by Crippen LogP contribution is 2.23. The van der Waals surface area contributed by atoms with Crippen LogP contribution in [0, 0.1) is 0 Å². The Kier molecular flexibility index (Phi) is 3.25. The molecule has 4 nitrogen and oxygen atoms in total. The molecular weight excluding hydrogens is 236 g/mol. The Balaban J connectivity index is 2.16. The Morgan fingerprint density at radius 3 is 2.79 bits per heavy atom. The van der Waals surface area contributed by atoms with Crippen molar-refractivity contribution < 1.29 is 0 Å². The van der Waals surface area contributed by atoms with E-state index in [9.17, 15) is 0 Å². The van der Waals surface area contributed by atoms with Crippen molar-refractivity contribution in [1.82, 2.24) is 19.9 Å². The van der Waals surface area contributed by atoms with Crippen LogP contribution >= 0.6 is 0 Å². The molecule has 0 radical (unpaired) electrons. The van der Waals surface area contributed by atoms with Gasteiger partial charge >= 0.3 is 0 Å². The molecule has 0 unspecified atom stereocenters. The third kappa shape index (κ3) is 2.22. The van der Waals surface area contributed by atoms with Crippen molar-refractivity contribution in [3.63, 3.8) is 0 Å². The minimum absolute atomic E-state index is 0.841. The summed E-state index contributed by atoms with van der Waals surface area (Å²) in [6.07, 6.45) is 7.40. The number of aromatic nitrogens is 3. The summed E-state index contributed by atoms with van der Waals surface area (Å²) in [6, 6.07) is 8.36. The molecule has 0 saturated heterocycles. The van der Waals surface area contributed by atoms with Gasteiger partial charge in [0.1, 0.15) is 12.1 Å². The smallest absolute Gasteiger partial charge is 0.145 e. The van der Waals surface area contributed by atoms with E-state index in [-0.39, 0.29) is 0 Å². The maximum atomic E-state index is 4.59. The molecule has 96 valence electrons. The van der Waals surface area contributed by atoms with Crippen molar-refractivity contribution in [1.29, 1.82) is 0 Å². The van der Waals surface area contributed by atoms with E-state index in [1.54, 1.807) is 12.5 Å². The molecule has 19 heavy (non-hydrogen) atoms. The molecule has 0 fully saturated rings. The molecule has 0 spiro atoms. The fourth-order valence-corrected chi connectivity index (χ4v) is 2.23. The molecule has 0 saturated carbocycles.